The average Bonchev–Trinajstić information content (AvgIpc) is 2.38. The fourth-order valence-electron chi connectivity index (χ4n) is 1.42. The molecule has 0 N–H and O–H groups in total. The van der Waals surface area contributed by atoms with Crippen LogP contribution in [0.25, 0.3) is 10.4 Å². The van der Waals surface area contributed by atoms with Crippen molar-refractivity contribution in [2.24, 2.45) is 5.11 Å². The lowest BCUT2D eigenvalue weighted by atomic mass is 10.1. The molecular formula is C10H8N4O5. The van der Waals surface area contributed by atoms with E-state index in [0.717, 1.165) is 12.1 Å². The number of rotatable bonds is 5. The minimum atomic E-state index is -0.892. The number of esters is 1. The van der Waals surface area contributed by atoms with Gasteiger partial charge in [-0.25, -0.2) is 4.79 Å². The van der Waals surface area contributed by atoms with Gasteiger partial charge in [0, 0.05) is 4.91 Å². The van der Waals surface area contributed by atoms with Crippen molar-refractivity contribution in [3.05, 3.63) is 43.8 Å². The molecule has 0 aliphatic carbocycles. The van der Waals surface area contributed by atoms with E-state index in [9.17, 15) is 19.7 Å². The van der Waals surface area contributed by atoms with Gasteiger partial charge in [-0.1, -0.05) is 5.11 Å². The smallest absolute Gasteiger partial charge is 0.339 e. The van der Waals surface area contributed by atoms with Gasteiger partial charge in [-0.15, -0.1) is 0 Å². The van der Waals surface area contributed by atoms with Crippen LogP contribution in [0.3, 0.4) is 0 Å². The highest BCUT2D eigenvalue weighted by atomic mass is 16.6. The SMILES string of the molecule is CCOC(=O)c1ccc(N=[N+]=[N-])c([N+](=O)[O-])c1C=O. The molecule has 0 fully saturated rings. The van der Waals surface area contributed by atoms with Gasteiger partial charge < -0.3 is 4.74 Å². The number of nitro benzene ring substituents is 1. The molecule has 0 saturated heterocycles. The van der Waals surface area contributed by atoms with Gasteiger partial charge in [-0.3, -0.25) is 14.9 Å². The summed E-state index contributed by atoms with van der Waals surface area (Å²) in [5, 5.41) is 14.0. The zero-order valence-corrected chi connectivity index (χ0v) is 9.77. The summed E-state index contributed by atoms with van der Waals surface area (Å²) in [7, 11) is 0. The molecule has 0 atom stereocenters. The molecule has 0 saturated carbocycles. The maximum atomic E-state index is 11.6. The Morgan fingerprint density at radius 3 is 2.79 bits per heavy atom. The predicted molar refractivity (Wildman–Crippen MR) is 63.2 cm³/mol. The first-order chi connectivity index (χ1) is 9.06. The maximum absolute atomic E-state index is 11.6. The van der Waals surface area contributed by atoms with Gasteiger partial charge in [0.15, 0.2) is 6.29 Å². The minimum absolute atomic E-state index is 0.0586. The third-order valence-corrected chi connectivity index (χ3v) is 2.14. The van der Waals surface area contributed by atoms with E-state index >= 15 is 0 Å². The van der Waals surface area contributed by atoms with Crippen molar-refractivity contribution in [3.8, 4) is 0 Å². The Morgan fingerprint density at radius 2 is 2.32 bits per heavy atom. The normalized spacial score (nSPS) is 9.32. The number of aldehydes is 1. The quantitative estimate of drug-likeness (QED) is 0.153. The van der Waals surface area contributed by atoms with Gasteiger partial charge in [0.2, 0.25) is 0 Å². The summed E-state index contributed by atoms with van der Waals surface area (Å²) in [6, 6.07) is 2.22. The van der Waals surface area contributed by atoms with Gasteiger partial charge in [0.25, 0.3) is 5.69 Å². The molecule has 0 amide bonds. The van der Waals surface area contributed by atoms with Crippen molar-refractivity contribution >= 4 is 23.6 Å². The second-order valence-corrected chi connectivity index (χ2v) is 3.18. The van der Waals surface area contributed by atoms with Crippen LogP contribution in [0.5, 0.6) is 0 Å². The molecule has 1 rings (SSSR count). The molecule has 19 heavy (non-hydrogen) atoms. The summed E-state index contributed by atoms with van der Waals surface area (Å²) in [5.41, 5.74) is 6.51. The summed E-state index contributed by atoms with van der Waals surface area (Å²) in [5.74, 6) is -0.861. The van der Waals surface area contributed by atoms with Crippen molar-refractivity contribution in [1.82, 2.24) is 0 Å². The summed E-state index contributed by atoms with van der Waals surface area (Å²) in [6.07, 6.45) is 0.154. The van der Waals surface area contributed by atoms with E-state index in [4.69, 9.17) is 5.53 Å². The van der Waals surface area contributed by atoms with Crippen LogP contribution in [0.4, 0.5) is 11.4 Å². The molecule has 1 aromatic rings. The molecule has 0 aromatic heterocycles. The predicted octanol–water partition coefficient (Wildman–Crippen LogP) is 2.53. The van der Waals surface area contributed by atoms with Crippen LogP contribution in [0.2, 0.25) is 0 Å². The lowest BCUT2D eigenvalue weighted by molar-refractivity contribution is -0.384. The van der Waals surface area contributed by atoms with E-state index in [0.29, 0.717) is 0 Å². The third kappa shape index (κ3) is 2.85. The second-order valence-electron chi connectivity index (χ2n) is 3.18. The number of nitro groups is 1. The fourth-order valence-corrected chi connectivity index (χ4v) is 1.42. The monoisotopic (exact) mass is 264 g/mol. The number of benzene rings is 1. The van der Waals surface area contributed by atoms with Gasteiger partial charge in [0.1, 0.15) is 11.3 Å². The summed E-state index contributed by atoms with van der Waals surface area (Å²) >= 11 is 0. The summed E-state index contributed by atoms with van der Waals surface area (Å²) < 4.78 is 4.68. The molecule has 0 heterocycles. The Balaban J connectivity index is 3.58. The van der Waals surface area contributed by atoms with Crippen LogP contribution in [0.1, 0.15) is 27.6 Å². The second kappa shape index (κ2) is 6.12. The summed E-state index contributed by atoms with van der Waals surface area (Å²) in [6.45, 7) is 1.62. The van der Waals surface area contributed by atoms with E-state index in [1.165, 1.54) is 0 Å². The first-order valence-electron chi connectivity index (χ1n) is 5.05. The van der Waals surface area contributed by atoms with Crippen molar-refractivity contribution in [3.63, 3.8) is 0 Å². The van der Waals surface area contributed by atoms with Crippen LogP contribution in [-0.4, -0.2) is 23.8 Å². The van der Waals surface area contributed by atoms with Gasteiger partial charge in [-0.2, -0.15) is 0 Å². The number of carbonyl (C=O) groups is 2. The Labute approximate surface area is 106 Å². The molecular weight excluding hydrogens is 256 g/mol. The van der Waals surface area contributed by atoms with Crippen LogP contribution in [0, 0.1) is 10.1 Å². The van der Waals surface area contributed by atoms with E-state index < -0.39 is 22.1 Å². The van der Waals surface area contributed by atoms with E-state index in [-0.39, 0.29) is 24.1 Å². The van der Waals surface area contributed by atoms with E-state index in [1.807, 2.05) is 0 Å². The average molecular weight is 264 g/mol. The highest BCUT2D eigenvalue weighted by molar-refractivity contribution is 6.02. The lowest BCUT2D eigenvalue weighted by Crippen LogP contribution is -2.09. The lowest BCUT2D eigenvalue weighted by Gasteiger charge is -2.06. The van der Waals surface area contributed by atoms with Gasteiger partial charge in [0.05, 0.1) is 17.1 Å². The van der Waals surface area contributed by atoms with Crippen molar-refractivity contribution in [1.29, 1.82) is 0 Å². The molecule has 0 bridgehead atoms. The van der Waals surface area contributed by atoms with Crippen LogP contribution in [-0.2, 0) is 4.74 Å². The standard InChI is InChI=1S/C10H8N4O5/c1-2-19-10(16)6-3-4-8(12-13-11)9(14(17)18)7(6)5-15/h3-5H,2H2,1H3. The number of hydrogen-bond donors (Lipinski definition) is 0. The first kappa shape index (κ1) is 14.1. The number of azide groups is 1. The van der Waals surface area contributed by atoms with Gasteiger partial charge in [-0.05, 0) is 24.6 Å². The zero-order valence-electron chi connectivity index (χ0n) is 9.77. The molecule has 9 heteroatoms. The first-order valence-corrected chi connectivity index (χ1v) is 5.05. The highest BCUT2D eigenvalue weighted by Crippen LogP contribution is 2.33. The molecule has 0 aliphatic rings. The Kier molecular flexibility index (Phi) is 4.56. The van der Waals surface area contributed by atoms with E-state index in [1.54, 1.807) is 6.92 Å². The Morgan fingerprint density at radius 1 is 1.63 bits per heavy atom. The largest absolute Gasteiger partial charge is 0.462 e. The van der Waals surface area contributed by atoms with Crippen molar-refractivity contribution in [2.75, 3.05) is 6.61 Å². The summed E-state index contributed by atoms with van der Waals surface area (Å²) in [4.78, 5) is 35.0. The molecule has 0 spiro atoms. The zero-order chi connectivity index (χ0) is 14.4. The van der Waals surface area contributed by atoms with Gasteiger partial charge >= 0.3 is 5.97 Å². The topological polar surface area (TPSA) is 135 Å². The molecule has 0 aliphatic heterocycles. The van der Waals surface area contributed by atoms with Crippen LogP contribution >= 0.6 is 0 Å². The number of carbonyl (C=O) groups excluding carboxylic acids is 2. The van der Waals surface area contributed by atoms with Crippen LogP contribution < -0.4 is 0 Å². The third-order valence-electron chi connectivity index (χ3n) is 2.14. The molecule has 1 aromatic carbocycles. The van der Waals surface area contributed by atoms with Crippen molar-refractivity contribution in [2.45, 2.75) is 6.92 Å². The highest BCUT2D eigenvalue weighted by Gasteiger charge is 2.25. The maximum Gasteiger partial charge on any atom is 0.339 e. The van der Waals surface area contributed by atoms with Crippen LogP contribution in [0.15, 0.2) is 17.2 Å². The Bertz CT molecular complexity index is 592. The fraction of sp³-hybridized carbons (Fsp3) is 0.200. The number of hydrogen-bond acceptors (Lipinski definition) is 6. The van der Waals surface area contributed by atoms with Crippen molar-refractivity contribution < 1.29 is 19.2 Å². The molecule has 9 nitrogen and oxygen atoms in total. The molecule has 98 valence electrons. The minimum Gasteiger partial charge on any atom is -0.462 e. The number of ether oxygens (including phenoxy) is 1. The van der Waals surface area contributed by atoms with E-state index in [2.05, 4.69) is 14.8 Å². The Hall–Kier alpha value is -2.93. The molecule has 0 unspecified atom stereocenters. The number of nitrogens with zero attached hydrogens (tertiary/aromatic N) is 4. The molecule has 0 radical (unpaired) electrons.